The van der Waals surface area contributed by atoms with Crippen LogP contribution in [-0.2, 0) is 16.0 Å². The van der Waals surface area contributed by atoms with E-state index in [-0.39, 0.29) is 0 Å². The van der Waals surface area contributed by atoms with Gasteiger partial charge in [-0.05, 0) is 54.7 Å². The molecule has 1 aliphatic heterocycles. The topological polar surface area (TPSA) is 95.3 Å². The van der Waals surface area contributed by atoms with Crippen molar-refractivity contribution in [3.05, 3.63) is 66.2 Å². The van der Waals surface area contributed by atoms with E-state index in [9.17, 15) is 0 Å². The largest absolute Gasteiger partial charge is 0.457 e. The van der Waals surface area contributed by atoms with Gasteiger partial charge in [-0.3, -0.25) is 9.89 Å². The molecule has 36 heavy (non-hydrogen) atoms. The molecule has 9 heteroatoms. The maximum absolute atomic E-state index is 6.07. The zero-order valence-electron chi connectivity index (χ0n) is 21.4. The first-order valence-corrected chi connectivity index (χ1v) is 16.1. The van der Waals surface area contributed by atoms with E-state index >= 15 is 0 Å². The minimum absolute atomic E-state index is 0.313. The van der Waals surface area contributed by atoms with E-state index in [1.165, 1.54) is 6.20 Å². The molecule has 0 radical (unpaired) electrons. The molecule has 3 aromatic rings. The summed E-state index contributed by atoms with van der Waals surface area (Å²) < 4.78 is 23.2. The highest BCUT2D eigenvalue weighted by Crippen LogP contribution is 2.27. The highest BCUT2D eigenvalue weighted by molar-refractivity contribution is 6.76. The van der Waals surface area contributed by atoms with Gasteiger partial charge in [0.2, 0.25) is 5.89 Å². The van der Waals surface area contributed by atoms with Crippen LogP contribution in [0.15, 0.2) is 64.2 Å². The lowest BCUT2D eigenvalue weighted by Gasteiger charge is -2.24. The van der Waals surface area contributed by atoms with Gasteiger partial charge in [0.1, 0.15) is 23.7 Å². The average Bonchev–Trinajstić information content (AvgIpc) is 3.25. The summed E-state index contributed by atoms with van der Waals surface area (Å²) in [6.45, 7) is 12.0. The molecular weight excluding hydrogens is 472 g/mol. The maximum Gasteiger partial charge on any atom is 0.209 e. The van der Waals surface area contributed by atoms with Crippen LogP contribution in [0.2, 0.25) is 25.7 Å². The minimum atomic E-state index is -1.11. The number of allylic oxidation sites excluding steroid dienone is 1. The van der Waals surface area contributed by atoms with Gasteiger partial charge in [0.05, 0.1) is 25.5 Å². The Labute approximate surface area is 213 Å². The van der Waals surface area contributed by atoms with E-state index < -0.39 is 8.07 Å². The minimum Gasteiger partial charge on any atom is -0.457 e. The highest BCUT2D eigenvalue weighted by atomic mass is 28.3. The summed E-state index contributed by atoms with van der Waals surface area (Å²) >= 11 is 0. The summed E-state index contributed by atoms with van der Waals surface area (Å²) in [5, 5.41) is 0. The fourth-order valence-corrected chi connectivity index (χ4v) is 4.51. The molecule has 1 fully saturated rings. The van der Waals surface area contributed by atoms with Crippen LogP contribution in [0.1, 0.15) is 11.5 Å². The Balaban J connectivity index is 1.37. The third-order valence-corrected chi connectivity index (χ3v) is 7.53. The smallest absolute Gasteiger partial charge is 0.209 e. The zero-order chi connectivity index (χ0) is 25.4. The van der Waals surface area contributed by atoms with Crippen molar-refractivity contribution >= 4 is 24.9 Å². The number of nitrogens with zero attached hydrogens (tertiary/aromatic N) is 3. The Morgan fingerprint density at radius 1 is 1.11 bits per heavy atom. The molecule has 0 bridgehead atoms. The first kappa shape index (κ1) is 26.1. The van der Waals surface area contributed by atoms with Crippen molar-refractivity contribution in [1.82, 2.24) is 9.88 Å². The Hall–Kier alpha value is -2.98. The van der Waals surface area contributed by atoms with Crippen LogP contribution < -0.4 is 10.5 Å². The molecule has 1 saturated heterocycles. The lowest BCUT2D eigenvalue weighted by Crippen LogP contribution is -2.35. The van der Waals surface area contributed by atoms with E-state index in [1.807, 2.05) is 42.5 Å². The van der Waals surface area contributed by atoms with Crippen LogP contribution in [0.3, 0.4) is 0 Å². The van der Waals surface area contributed by atoms with Gasteiger partial charge in [0.25, 0.3) is 0 Å². The Morgan fingerprint density at radius 3 is 2.58 bits per heavy atom. The molecule has 0 atom stereocenters. The summed E-state index contributed by atoms with van der Waals surface area (Å²) in [4.78, 5) is 11.5. The van der Waals surface area contributed by atoms with E-state index in [0.717, 1.165) is 55.7 Å². The van der Waals surface area contributed by atoms with Gasteiger partial charge in [-0.25, -0.2) is 4.98 Å². The maximum atomic E-state index is 6.07. The van der Waals surface area contributed by atoms with Crippen molar-refractivity contribution in [1.29, 1.82) is 0 Å². The van der Waals surface area contributed by atoms with Crippen LogP contribution >= 0.6 is 0 Å². The Kier molecular flexibility index (Phi) is 8.92. The summed E-state index contributed by atoms with van der Waals surface area (Å²) in [5.41, 5.74) is 8.89. The van der Waals surface area contributed by atoms with Crippen molar-refractivity contribution in [2.45, 2.75) is 32.2 Å². The third-order valence-electron chi connectivity index (χ3n) is 5.83. The quantitative estimate of drug-likeness (QED) is 0.221. The summed E-state index contributed by atoms with van der Waals surface area (Å²) in [6, 6.07) is 14.6. The molecule has 0 saturated carbocycles. The van der Waals surface area contributed by atoms with E-state index in [4.69, 9.17) is 24.4 Å². The van der Waals surface area contributed by atoms with Gasteiger partial charge in [0.15, 0.2) is 5.58 Å². The molecule has 0 aliphatic carbocycles. The van der Waals surface area contributed by atoms with Gasteiger partial charge < -0.3 is 24.4 Å². The van der Waals surface area contributed by atoms with Crippen molar-refractivity contribution in [3.63, 3.8) is 0 Å². The molecule has 192 valence electrons. The van der Waals surface area contributed by atoms with Gasteiger partial charge in [-0.1, -0.05) is 19.6 Å². The van der Waals surface area contributed by atoms with Crippen molar-refractivity contribution in [2.24, 2.45) is 10.7 Å². The summed E-state index contributed by atoms with van der Waals surface area (Å²) in [7, 11) is -1.11. The Bertz CT molecular complexity index is 1180. The van der Waals surface area contributed by atoms with Gasteiger partial charge in [0, 0.05) is 39.4 Å². The number of aliphatic imine (C=N–C) groups is 1. The normalized spacial score (nSPS) is 15.7. The Morgan fingerprint density at radius 2 is 1.86 bits per heavy atom. The van der Waals surface area contributed by atoms with Crippen LogP contribution in [-0.4, -0.2) is 63.3 Å². The van der Waals surface area contributed by atoms with Gasteiger partial charge in [-0.2, -0.15) is 0 Å². The number of morpholine rings is 1. The number of fused-ring (bicyclic) bond motifs is 1. The second kappa shape index (κ2) is 12.3. The highest BCUT2D eigenvalue weighted by Gasteiger charge is 2.15. The molecule has 0 amide bonds. The first-order valence-electron chi connectivity index (χ1n) is 12.4. The van der Waals surface area contributed by atoms with Crippen LogP contribution in [0.4, 0.5) is 0 Å². The molecule has 2 heterocycles. The molecule has 4 rings (SSSR count). The monoisotopic (exact) mass is 508 g/mol. The van der Waals surface area contributed by atoms with Crippen molar-refractivity contribution < 1.29 is 18.6 Å². The predicted molar refractivity (Wildman–Crippen MR) is 145 cm³/mol. The van der Waals surface area contributed by atoms with Crippen molar-refractivity contribution in [3.8, 4) is 11.5 Å². The molecule has 2 N–H and O–H groups in total. The number of rotatable bonds is 11. The fraction of sp³-hybridized carbons (Fsp3) is 0.407. The first-order chi connectivity index (χ1) is 17.4. The van der Waals surface area contributed by atoms with Crippen LogP contribution in [0.25, 0.3) is 11.1 Å². The number of nitrogens with two attached hydrogens (primary N) is 1. The SMILES string of the molecule is C[Si](C)(C)CCOC/N=C(/C=C\N)c1ccc(Oc2ccc3nc(CN4CCOCC4)oc3c2)cc1. The molecule has 0 spiro atoms. The molecule has 0 unspecified atom stereocenters. The molecular formula is C27H36N4O4Si. The van der Waals surface area contributed by atoms with Gasteiger partial charge >= 0.3 is 0 Å². The lowest BCUT2D eigenvalue weighted by molar-refractivity contribution is 0.0308. The average molecular weight is 509 g/mol. The molecule has 8 nitrogen and oxygen atoms in total. The summed E-state index contributed by atoms with van der Waals surface area (Å²) in [6.07, 6.45) is 3.27. The number of oxazole rings is 1. The third kappa shape index (κ3) is 7.76. The van der Waals surface area contributed by atoms with Gasteiger partial charge in [-0.15, -0.1) is 0 Å². The second-order valence-electron chi connectivity index (χ2n) is 10.0. The molecule has 2 aromatic carbocycles. The number of hydrogen-bond acceptors (Lipinski definition) is 8. The lowest BCUT2D eigenvalue weighted by atomic mass is 10.1. The second-order valence-corrected chi connectivity index (χ2v) is 15.6. The number of benzene rings is 2. The van der Waals surface area contributed by atoms with E-state index in [0.29, 0.717) is 36.2 Å². The van der Waals surface area contributed by atoms with Crippen molar-refractivity contribution in [2.75, 3.05) is 39.6 Å². The predicted octanol–water partition coefficient (Wildman–Crippen LogP) is 5.03. The zero-order valence-corrected chi connectivity index (χ0v) is 22.4. The standard InChI is InChI=1S/C27H36N4O4Si/c1-36(2,3)17-16-33-20-29-24(10-11-28)21-4-6-22(7-5-21)34-23-8-9-25-26(18-23)35-27(30-25)19-31-12-14-32-15-13-31/h4-11,18H,12-17,19-20,28H2,1-3H3/b11-10-,29-24-. The van der Waals surface area contributed by atoms with Crippen LogP contribution in [0, 0.1) is 0 Å². The number of hydrogen-bond donors (Lipinski definition) is 1. The molecule has 1 aromatic heterocycles. The number of aromatic nitrogens is 1. The summed E-state index contributed by atoms with van der Waals surface area (Å²) in [5.74, 6) is 2.11. The van der Waals surface area contributed by atoms with Crippen LogP contribution in [0.5, 0.6) is 11.5 Å². The van der Waals surface area contributed by atoms with E-state index in [2.05, 4.69) is 34.5 Å². The number of ether oxygens (including phenoxy) is 3. The van der Waals surface area contributed by atoms with E-state index in [1.54, 1.807) is 6.08 Å². The fourth-order valence-electron chi connectivity index (χ4n) is 3.75. The molecule has 1 aliphatic rings.